The second-order valence-corrected chi connectivity index (χ2v) is 7.24. The van der Waals surface area contributed by atoms with E-state index in [0.29, 0.717) is 17.7 Å². The maximum atomic E-state index is 11.9. The fourth-order valence-electron chi connectivity index (χ4n) is 1.99. The third-order valence-corrected chi connectivity index (χ3v) is 4.47. The fourth-order valence-corrected chi connectivity index (χ4v) is 3.23. The third kappa shape index (κ3) is 4.48. The van der Waals surface area contributed by atoms with E-state index in [0.717, 1.165) is 0 Å². The second kappa shape index (κ2) is 7.22. The van der Waals surface area contributed by atoms with Crippen LogP contribution >= 0.6 is 7.52 Å². The van der Waals surface area contributed by atoms with E-state index in [9.17, 15) is 14.3 Å². The monoisotopic (exact) mass is 358 g/mol. The van der Waals surface area contributed by atoms with Crippen molar-refractivity contribution < 1.29 is 24.1 Å². The van der Waals surface area contributed by atoms with E-state index >= 15 is 0 Å². The number of aromatic nitrogens is 4. The normalized spacial score (nSPS) is 16.6. The summed E-state index contributed by atoms with van der Waals surface area (Å²) in [6.07, 6.45) is 1.88. The van der Waals surface area contributed by atoms with E-state index in [4.69, 9.17) is 15.6 Å². The molecule has 0 radical (unpaired) electrons. The number of aliphatic carboxylic acids is 1. The molecule has 0 aliphatic rings. The van der Waals surface area contributed by atoms with E-state index in [2.05, 4.69) is 20.0 Å². The molecule has 2 heterocycles. The van der Waals surface area contributed by atoms with Crippen molar-refractivity contribution in [2.75, 3.05) is 12.1 Å². The molecular weight excluding hydrogens is 339 g/mol. The molecule has 12 heteroatoms. The van der Waals surface area contributed by atoms with Crippen molar-refractivity contribution in [2.24, 2.45) is 0 Å². The summed E-state index contributed by atoms with van der Waals surface area (Å²) in [5, 5.41) is 10.9. The van der Waals surface area contributed by atoms with Crippen LogP contribution in [0.5, 0.6) is 0 Å². The molecule has 3 atom stereocenters. The Bertz CT molecular complexity index is 780. The lowest BCUT2D eigenvalue weighted by molar-refractivity contribution is -0.138. The Morgan fingerprint density at radius 3 is 2.83 bits per heavy atom. The zero-order valence-corrected chi connectivity index (χ0v) is 14.1. The number of hydrogen-bond donors (Lipinski definition) is 4. The standard InChI is InChI=1S/C12H19N6O5P/c1-7(23-6-24(21,22)17-8(2)12(19)20)3-18-5-16-9-10(13)14-4-15-11(9)18/h4-5,7-8H,3,6H2,1-2H3,(H,19,20)(H2,13,14,15)(H2,17,21,22). The molecule has 2 aromatic rings. The first-order valence-corrected chi connectivity index (χ1v) is 8.89. The van der Waals surface area contributed by atoms with Gasteiger partial charge < -0.3 is 25.0 Å². The summed E-state index contributed by atoms with van der Waals surface area (Å²) in [4.78, 5) is 32.5. The molecule has 0 amide bonds. The minimum absolute atomic E-state index is 0.263. The first kappa shape index (κ1) is 18.3. The quantitative estimate of drug-likeness (QED) is 0.472. The first-order valence-electron chi connectivity index (χ1n) is 7.05. The van der Waals surface area contributed by atoms with Crippen LogP contribution in [0, 0.1) is 0 Å². The number of hydrogen-bond acceptors (Lipinski definition) is 7. The molecule has 11 nitrogen and oxygen atoms in total. The minimum atomic E-state index is -3.93. The molecule has 132 valence electrons. The van der Waals surface area contributed by atoms with Gasteiger partial charge in [0.1, 0.15) is 24.2 Å². The van der Waals surface area contributed by atoms with Gasteiger partial charge in [-0.2, -0.15) is 0 Å². The molecule has 0 saturated carbocycles. The van der Waals surface area contributed by atoms with Gasteiger partial charge in [0.25, 0.3) is 7.52 Å². The zero-order valence-electron chi connectivity index (χ0n) is 13.2. The van der Waals surface area contributed by atoms with Crippen LogP contribution in [0.3, 0.4) is 0 Å². The van der Waals surface area contributed by atoms with Crippen LogP contribution < -0.4 is 10.8 Å². The smallest absolute Gasteiger partial charge is 0.320 e. The molecule has 0 aliphatic heterocycles. The number of nitrogens with two attached hydrogens (primary N) is 1. The second-order valence-electron chi connectivity index (χ2n) is 5.33. The molecular formula is C12H19N6O5P. The van der Waals surface area contributed by atoms with Crippen LogP contribution in [0.25, 0.3) is 11.2 Å². The molecule has 5 N–H and O–H groups in total. The maximum absolute atomic E-state index is 11.9. The third-order valence-electron chi connectivity index (χ3n) is 3.18. The molecule has 0 bridgehead atoms. The molecule has 0 aliphatic carbocycles. The van der Waals surface area contributed by atoms with Gasteiger partial charge in [0, 0.05) is 0 Å². The van der Waals surface area contributed by atoms with Crippen molar-refractivity contribution >= 4 is 30.5 Å². The molecule has 0 aromatic carbocycles. The fraction of sp³-hybridized carbons (Fsp3) is 0.500. The lowest BCUT2D eigenvalue weighted by Gasteiger charge is -2.19. The zero-order chi connectivity index (χ0) is 17.9. The van der Waals surface area contributed by atoms with Crippen LogP contribution in [0.2, 0.25) is 0 Å². The largest absolute Gasteiger partial charge is 0.480 e. The SMILES string of the molecule is CC(Cn1cnc2c(N)ncnc21)OCP(=O)(O)NC(C)C(=O)O. The summed E-state index contributed by atoms with van der Waals surface area (Å²) >= 11 is 0. The van der Waals surface area contributed by atoms with E-state index in [1.165, 1.54) is 19.6 Å². The van der Waals surface area contributed by atoms with Crippen LogP contribution in [0.4, 0.5) is 5.82 Å². The van der Waals surface area contributed by atoms with Crippen molar-refractivity contribution in [3.05, 3.63) is 12.7 Å². The van der Waals surface area contributed by atoms with Crippen LogP contribution in [-0.2, 0) is 20.6 Å². The number of nitrogens with zero attached hydrogens (tertiary/aromatic N) is 4. The molecule has 2 rings (SSSR count). The van der Waals surface area contributed by atoms with Crippen molar-refractivity contribution in [3.63, 3.8) is 0 Å². The van der Waals surface area contributed by atoms with Gasteiger partial charge in [-0.15, -0.1) is 0 Å². The molecule has 24 heavy (non-hydrogen) atoms. The summed E-state index contributed by atoms with van der Waals surface area (Å²) in [6.45, 7) is 3.30. The Morgan fingerprint density at radius 1 is 1.46 bits per heavy atom. The highest BCUT2D eigenvalue weighted by molar-refractivity contribution is 7.55. The Labute approximate surface area is 137 Å². The Morgan fingerprint density at radius 2 is 2.17 bits per heavy atom. The number of carbonyl (C=O) groups is 1. The lowest BCUT2D eigenvalue weighted by Crippen LogP contribution is -2.32. The number of carboxylic acids is 1. The Kier molecular flexibility index (Phi) is 5.50. The van der Waals surface area contributed by atoms with Gasteiger partial charge in [0.05, 0.1) is 19.0 Å². The number of anilines is 1. The van der Waals surface area contributed by atoms with Crippen molar-refractivity contribution in [2.45, 2.75) is 32.5 Å². The van der Waals surface area contributed by atoms with Crippen LogP contribution in [0.15, 0.2) is 12.7 Å². The van der Waals surface area contributed by atoms with Gasteiger partial charge in [-0.05, 0) is 13.8 Å². The van der Waals surface area contributed by atoms with E-state index in [-0.39, 0.29) is 5.82 Å². The highest BCUT2D eigenvalue weighted by Crippen LogP contribution is 2.36. The van der Waals surface area contributed by atoms with E-state index < -0.39 is 32.0 Å². The van der Waals surface area contributed by atoms with Crippen LogP contribution in [-0.4, -0.2) is 54.0 Å². The number of carboxylic acid groups (broad SMARTS) is 1. The predicted molar refractivity (Wildman–Crippen MR) is 85.2 cm³/mol. The lowest BCUT2D eigenvalue weighted by atomic mass is 10.4. The van der Waals surface area contributed by atoms with Crippen molar-refractivity contribution in [3.8, 4) is 0 Å². The Hall–Kier alpha value is -2.07. The number of nitrogens with one attached hydrogen (secondary N) is 1. The summed E-state index contributed by atoms with van der Waals surface area (Å²) < 4.78 is 18.9. The number of ether oxygens (including phenoxy) is 1. The molecule has 0 fully saturated rings. The summed E-state index contributed by atoms with van der Waals surface area (Å²) in [6, 6.07) is -1.16. The number of rotatable bonds is 8. The van der Waals surface area contributed by atoms with Gasteiger partial charge in [-0.1, -0.05) is 0 Å². The van der Waals surface area contributed by atoms with Gasteiger partial charge in [0.15, 0.2) is 11.5 Å². The molecule has 0 saturated heterocycles. The van der Waals surface area contributed by atoms with Crippen LogP contribution in [0.1, 0.15) is 13.8 Å². The van der Waals surface area contributed by atoms with Crippen molar-refractivity contribution in [1.29, 1.82) is 0 Å². The van der Waals surface area contributed by atoms with Gasteiger partial charge >= 0.3 is 5.97 Å². The summed E-state index contributed by atoms with van der Waals surface area (Å²) in [5.74, 6) is -0.960. The average Bonchev–Trinajstić information content (AvgIpc) is 2.89. The highest BCUT2D eigenvalue weighted by Gasteiger charge is 2.25. The van der Waals surface area contributed by atoms with Gasteiger partial charge in [-0.3, -0.25) is 9.36 Å². The summed E-state index contributed by atoms with van der Waals surface area (Å²) in [5.41, 5.74) is 6.70. The number of fused-ring (bicyclic) bond motifs is 1. The highest BCUT2D eigenvalue weighted by atomic mass is 31.2. The summed E-state index contributed by atoms with van der Waals surface area (Å²) in [7, 11) is -3.93. The molecule has 2 aromatic heterocycles. The first-order chi connectivity index (χ1) is 11.2. The average molecular weight is 358 g/mol. The molecule has 3 unspecified atom stereocenters. The predicted octanol–water partition coefficient (Wildman–Crippen LogP) is 0.0192. The van der Waals surface area contributed by atoms with Gasteiger partial charge in [0.2, 0.25) is 0 Å². The molecule has 0 spiro atoms. The maximum Gasteiger partial charge on any atom is 0.320 e. The Balaban J connectivity index is 1.95. The van der Waals surface area contributed by atoms with E-state index in [1.807, 2.05) is 0 Å². The van der Waals surface area contributed by atoms with E-state index in [1.54, 1.807) is 11.5 Å². The number of nitrogen functional groups attached to an aromatic ring is 1. The van der Waals surface area contributed by atoms with Gasteiger partial charge in [-0.25, -0.2) is 20.0 Å². The topological polar surface area (TPSA) is 165 Å². The minimum Gasteiger partial charge on any atom is -0.480 e. The van der Waals surface area contributed by atoms with Crippen molar-refractivity contribution in [1.82, 2.24) is 24.6 Å². The number of imidazole rings is 1.